The summed E-state index contributed by atoms with van der Waals surface area (Å²) in [6, 6.07) is 16.4. The number of nitrogens with zero attached hydrogens (tertiary/aromatic N) is 3. The number of hydrazone groups is 1. The molecule has 1 atom stereocenters. The Kier molecular flexibility index (Phi) is 7.01. The van der Waals surface area contributed by atoms with Crippen molar-refractivity contribution in [1.29, 1.82) is 5.26 Å². The third-order valence-electron chi connectivity index (χ3n) is 4.58. The maximum Gasteiger partial charge on any atom is 0.270 e. The summed E-state index contributed by atoms with van der Waals surface area (Å²) >= 11 is 0. The quantitative estimate of drug-likeness (QED) is 0.424. The van der Waals surface area contributed by atoms with Crippen molar-refractivity contribution in [2.75, 3.05) is 12.5 Å². The van der Waals surface area contributed by atoms with Crippen LogP contribution in [0, 0.1) is 11.3 Å². The van der Waals surface area contributed by atoms with Gasteiger partial charge in [0.15, 0.2) is 11.5 Å². The number of hydrogen-bond acceptors (Lipinski definition) is 7. The standard InChI is InChI=1S/C23H23N5O3/c1-4-15(2)31-21-17(11-8-12-19(21)30-3)14-25-28-23-26-20(16-9-6-5-7-10-16)18(13-24)22(29)27-23/h5-12,14-15H,4H2,1-3H3,(H2,26,27,28,29). The van der Waals surface area contributed by atoms with Crippen LogP contribution in [0.1, 0.15) is 31.4 Å². The van der Waals surface area contributed by atoms with E-state index in [1.807, 2.05) is 56.3 Å². The molecule has 0 fully saturated rings. The van der Waals surface area contributed by atoms with Crippen LogP contribution in [0.15, 0.2) is 58.4 Å². The average molecular weight is 417 g/mol. The number of nitrogens with one attached hydrogen (secondary N) is 2. The molecule has 158 valence electrons. The molecule has 0 aliphatic carbocycles. The van der Waals surface area contributed by atoms with E-state index >= 15 is 0 Å². The Hall–Kier alpha value is -4.12. The molecule has 8 heteroatoms. The van der Waals surface area contributed by atoms with Gasteiger partial charge in [-0.15, -0.1) is 0 Å². The van der Waals surface area contributed by atoms with Crippen LogP contribution in [0.5, 0.6) is 11.5 Å². The molecular formula is C23H23N5O3. The Bertz CT molecular complexity index is 1170. The van der Waals surface area contributed by atoms with Crippen LogP contribution in [-0.2, 0) is 0 Å². The predicted octanol–water partition coefficient (Wildman–Crippen LogP) is 3.94. The number of hydrogen-bond donors (Lipinski definition) is 2. The number of benzene rings is 2. The van der Waals surface area contributed by atoms with Crippen LogP contribution in [0.3, 0.4) is 0 Å². The number of anilines is 1. The lowest BCUT2D eigenvalue weighted by Crippen LogP contribution is -2.16. The Balaban J connectivity index is 1.91. The highest BCUT2D eigenvalue weighted by Gasteiger charge is 2.14. The first-order valence-electron chi connectivity index (χ1n) is 9.80. The second-order valence-electron chi connectivity index (χ2n) is 6.70. The topological polar surface area (TPSA) is 112 Å². The van der Waals surface area contributed by atoms with Crippen molar-refractivity contribution in [3.8, 4) is 28.8 Å². The van der Waals surface area contributed by atoms with Gasteiger partial charge in [0, 0.05) is 11.1 Å². The van der Waals surface area contributed by atoms with Crippen LogP contribution in [0.4, 0.5) is 5.95 Å². The molecule has 3 aromatic rings. The van der Waals surface area contributed by atoms with E-state index in [0.717, 1.165) is 6.42 Å². The van der Waals surface area contributed by atoms with Gasteiger partial charge in [0.25, 0.3) is 5.56 Å². The molecule has 0 saturated heterocycles. The zero-order valence-corrected chi connectivity index (χ0v) is 17.5. The summed E-state index contributed by atoms with van der Waals surface area (Å²) in [5, 5.41) is 13.5. The van der Waals surface area contributed by atoms with Gasteiger partial charge in [0.1, 0.15) is 11.6 Å². The highest BCUT2D eigenvalue weighted by molar-refractivity contribution is 5.85. The minimum atomic E-state index is -0.545. The molecule has 8 nitrogen and oxygen atoms in total. The molecule has 1 aromatic heterocycles. The Labute approximate surface area is 180 Å². The lowest BCUT2D eigenvalue weighted by Gasteiger charge is -2.17. The summed E-state index contributed by atoms with van der Waals surface area (Å²) < 4.78 is 11.4. The van der Waals surface area contributed by atoms with Gasteiger partial charge >= 0.3 is 0 Å². The summed E-state index contributed by atoms with van der Waals surface area (Å²) in [5.74, 6) is 1.29. The van der Waals surface area contributed by atoms with Crippen LogP contribution in [0.2, 0.25) is 0 Å². The molecule has 3 rings (SSSR count). The first-order chi connectivity index (χ1) is 15.1. The largest absolute Gasteiger partial charge is 0.493 e. The zero-order valence-electron chi connectivity index (χ0n) is 17.5. The number of nitriles is 1. The van der Waals surface area contributed by atoms with Crippen LogP contribution >= 0.6 is 0 Å². The van der Waals surface area contributed by atoms with Gasteiger partial charge in [-0.1, -0.05) is 43.3 Å². The van der Waals surface area contributed by atoms with E-state index in [-0.39, 0.29) is 23.3 Å². The molecule has 0 aliphatic heterocycles. The Morgan fingerprint density at radius 1 is 1.26 bits per heavy atom. The monoisotopic (exact) mass is 417 g/mol. The van der Waals surface area contributed by atoms with Gasteiger partial charge in [0.2, 0.25) is 5.95 Å². The number of aromatic nitrogens is 2. The van der Waals surface area contributed by atoms with Crippen molar-refractivity contribution in [2.45, 2.75) is 26.4 Å². The fourth-order valence-electron chi connectivity index (χ4n) is 2.80. The second-order valence-corrected chi connectivity index (χ2v) is 6.70. The lowest BCUT2D eigenvalue weighted by molar-refractivity contribution is 0.207. The number of rotatable bonds is 8. The third-order valence-corrected chi connectivity index (χ3v) is 4.58. The number of para-hydroxylation sites is 1. The van der Waals surface area contributed by atoms with E-state index in [9.17, 15) is 10.1 Å². The van der Waals surface area contributed by atoms with Crippen molar-refractivity contribution in [1.82, 2.24) is 9.97 Å². The van der Waals surface area contributed by atoms with E-state index in [1.54, 1.807) is 25.5 Å². The third kappa shape index (κ3) is 5.08. The molecule has 1 unspecified atom stereocenters. The molecular weight excluding hydrogens is 394 g/mol. The summed E-state index contributed by atoms with van der Waals surface area (Å²) in [4.78, 5) is 19.2. The number of ether oxygens (including phenoxy) is 2. The van der Waals surface area contributed by atoms with Crippen LogP contribution < -0.4 is 20.5 Å². The van der Waals surface area contributed by atoms with Gasteiger partial charge in [-0.05, 0) is 25.5 Å². The highest BCUT2D eigenvalue weighted by Crippen LogP contribution is 2.31. The van der Waals surface area contributed by atoms with Crippen molar-refractivity contribution >= 4 is 12.2 Å². The van der Waals surface area contributed by atoms with E-state index < -0.39 is 5.56 Å². The molecule has 2 aromatic carbocycles. The summed E-state index contributed by atoms with van der Waals surface area (Å²) in [6.45, 7) is 4.01. The molecule has 0 saturated carbocycles. The molecule has 0 spiro atoms. The van der Waals surface area contributed by atoms with E-state index in [1.165, 1.54) is 0 Å². The number of methoxy groups -OCH3 is 1. The van der Waals surface area contributed by atoms with Gasteiger partial charge in [-0.2, -0.15) is 10.4 Å². The SMILES string of the molecule is CCC(C)Oc1c(C=NNc2nc(-c3ccccc3)c(C#N)c(=O)[nH]2)cccc1OC. The molecule has 0 bridgehead atoms. The average Bonchev–Trinajstić information content (AvgIpc) is 2.80. The van der Waals surface area contributed by atoms with Gasteiger partial charge in [-0.3, -0.25) is 9.78 Å². The van der Waals surface area contributed by atoms with Crippen molar-refractivity contribution in [3.05, 3.63) is 70.0 Å². The second kappa shape index (κ2) is 10.1. The summed E-state index contributed by atoms with van der Waals surface area (Å²) in [7, 11) is 1.58. The molecule has 0 radical (unpaired) electrons. The van der Waals surface area contributed by atoms with E-state index in [0.29, 0.717) is 22.6 Å². The van der Waals surface area contributed by atoms with Gasteiger partial charge in [0.05, 0.1) is 25.1 Å². The smallest absolute Gasteiger partial charge is 0.270 e. The van der Waals surface area contributed by atoms with Crippen LogP contribution in [-0.4, -0.2) is 29.4 Å². The minimum Gasteiger partial charge on any atom is -0.493 e. The summed E-state index contributed by atoms with van der Waals surface area (Å²) in [6.07, 6.45) is 2.40. The molecule has 2 N–H and O–H groups in total. The fraction of sp³-hybridized carbons (Fsp3) is 0.217. The lowest BCUT2D eigenvalue weighted by atomic mass is 10.1. The van der Waals surface area contributed by atoms with E-state index in [2.05, 4.69) is 20.5 Å². The zero-order chi connectivity index (χ0) is 22.2. The van der Waals surface area contributed by atoms with Crippen LogP contribution in [0.25, 0.3) is 11.3 Å². The van der Waals surface area contributed by atoms with Gasteiger partial charge < -0.3 is 9.47 Å². The van der Waals surface area contributed by atoms with Gasteiger partial charge in [-0.25, -0.2) is 10.4 Å². The van der Waals surface area contributed by atoms with Crippen molar-refractivity contribution in [2.24, 2.45) is 5.10 Å². The van der Waals surface area contributed by atoms with Crippen molar-refractivity contribution in [3.63, 3.8) is 0 Å². The maximum absolute atomic E-state index is 12.3. The normalized spacial score (nSPS) is 11.7. The maximum atomic E-state index is 12.3. The molecule has 0 amide bonds. The molecule has 31 heavy (non-hydrogen) atoms. The minimum absolute atomic E-state index is 0.00128. The number of aromatic amines is 1. The first kappa shape index (κ1) is 21.6. The molecule has 1 heterocycles. The Morgan fingerprint density at radius 2 is 2.03 bits per heavy atom. The van der Waals surface area contributed by atoms with E-state index in [4.69, 9.17) is 9.47 Å². The fourth-order valence-corrected chi connectivity index (χ4v) is 2.80. The predicted molar refractivity (Wildman–Crippen MR) is 120 cm³/mol. The first-order valence-corrected chi connectivity index (χ1v) is 9.80. The van der Waals surface area contributed by atoms with Crippen molar-refractivity contribution < 1.29 is 9.47 Å². The molecule has 0 aliphatic rings. The summed E-state index contributed by atoms with van der Waals surface area (Å²) in [5.41, 5.74) is 3.77. The highest BCUT2D eigenvalue weighted by atomic mass is 16.5. The Morgan fingerprint density at radius 3 is 2.71 bits per heavy atom. The number of H-pyrrole nitrogens is 1.